The molecule has 0 fully saturated rings. The summed E-state index contributed by atoms with van der Waals surface area (Å²) in [4.78, 5) is 15.1. The maximum atomic E-state index is 11.1. The van der Waals surface area contributed by atoms with E-state index >= 15 is 0 Å². The molecule has 0 amide bonds. The van der Waals surface area contributed by atoms with Gasteiger partial charge in [-0.3, -0.25) is 4.79 Å². The molecular weight excluding hydrogens is 194 g/mol. The Kier molecular flexibility index (Phi) is 2.21. The highest BCUT2D eigenvalue weighted by molar-refractivity contribution is 5.94. The molecule has 15 heavy (non-hydrogen) atoms. The molecule has 76 valence electrons. The number of pyridine rings is 1. The number of aromatic hydroxyl groups is 1. The van der Waals surface area contributed by atoms with Crippen molar-refractivity contribution in [1.82, 2.24) is 14.8 Å². The van der Waals surface area contributed by atoms with E-state index in [2.05, 4.69) is 10.1 Å². The van der Waals surface area contributed by atoms with Gasteiger partial charge in [-0.25, -0.2) is 9.67 Å². The smallest absolute Gasteiger partial charge is 0.183 e. The second-order valence-corrected chi connectivity index (χ2v) is 3.05. The van der Waals surface area contributed by atoms with Crippen LogP contribution in [0.2, 0.25) is 0 Å². The molecule has 0 unspecified atom stereocenters. The van der Waals surface area contributed by atoms with Crippen LogP contribution in [0.3, 0.4) is 0 Å². The summed E-state index contributed by atoms with van der Waals surface area (Å²) in [5.41, 5.74) is 0.0562. The highest BCUT2D eigenvalue weighted by Crippen LogP contribution is 2.17. The summed E-state index contributed by atoms with van der Waals surface area (Å²) in [6.45, 7) is 1.35. The largest absolute Gasteiger partial charge is 0.504 e. The first-order valence-electron chi connectivity index (χ1n) is 4.39. The molecule has 0 atom stereocenters. The Morgan fingerprint density at radius 3 is 2.80 bits per heavy atom. The minimum absolute atomic E-state index is 0.0562. The van der Waals surface area contributed by atoms with E-state index in [9.17, 15) is 9.90 Å². The van der Waals surface area contributed by atoms with Crippen molar-refractivity contribution in [3.8, 4) is 11.6 Å². The average Bonchev–Trinajstić information content (AvgIpc) is 2.62. The molecular formula is C10H9N3O2. The van der Waals surface area contributed by atoms with Gasteiger partial charge in [0.2, 0.25) is 0 Å². The van der Waals surface area contributed by atoms with E-state index in [4.69, 9.17) is 0 Å². The van der Waals surface area contributed by atoms with E-state index in [0.717, 1.165) is 0 Å². The molecule has 2 aromatic heterocycles. The summed E-state index contributed by atoms with van der Waals surface area (Å²) < 4.78 is 1.37. The first kappa shape index (κ1) is 9.39. The van der Waals surface area contributed by atoms with E-state index in [1.165, 1.54) is 17.8 Å². The number of hydrogen-bond donors (Lipinski definition) is 1. The van der Waals surface area contributed by atoms with Crippen LogP contribution in [-0.4, -0.2) is 25.7 Å². The molecule has 0 bridgehead atoms. The lowest BCUT2D eigenvalue weighted by atomic mass is 10.3. The fourth-order valence-corrected chi connectivity index (χ4v) is 1.22. The van der Waals surface area contributed by atoms with Crippen LogP contribution >= 0.6 is 0 Å². The van der Waals surface area contributed by atoms with Gasteiger partial charge in [-0.2, -0.15) is 5.10 Å². The van der Waals surface area contributed by atoms with Crippen LogP contribution < -0.4 is 0 Å². The van der Waals surface area contributed by atoms with Crippen molar-refractivity contribution >= 4 is 5.78 Å². The van der Waals surface area contributed by atoms with Crippen molar-refractivity contribution in [2.24, 2.45) is 0 Å². The summed E-state index contributed by atoms with van der Waals surface area (Å²) in [5.74, 6) is 0.149. The lowest BCUT2D eigenvalue weighted by Gasteiger charge is -1.96. The average molecular weight is 203 g/mol. The SMILES string of the molecule is CC(=O)c1nn(-c2ccccn2)cc1O. The van der Waals surface area contributed by atoms with Gasteiger partial charge in [0, 0.05) is 13.1 Å². The van der Waals surface area contributed by atoms with Crippen LogP contribution in [-0.2, 0) is 0 Å². The van der Waals surface area contributed by atoms with Crippen molar-refractivity contribution < 1.29 is 9.90 Å². The Labute approximate surface area is 86.0 Å². The van der Waals surface area contributed by atoms with Gasteiger partial charge in [-0.05, 0) is 12.1 Å². The molecule has 1 N–H and O–H groups in total. The fourth-order valence-electron chi connectivity index (χ4n) is 1.22. The number of rotatable bonds is 2. The number of carbonyl (C=O) groups is 1. The van der Waals surface area contributed by atoms with Gasteiger partial charge in [0.1, 0.15) is 0 Å². The predicted octanol–water partition coefficient (Wildman–Crippen LogP) is 1.18. The number of nitrogens with zero attached hydrogens (tertiary/aromatic N) is 3. The zero-order valence-electron chi connectivity index (χ0n) is 8.08. The van der Waals surface area contributed by atoms with Crippen LogP contribution in [0.5, 0.6) is 5.75 Å². The zero-order chi connectivity index (χ0) is 10.8. The summed E-state index contributed by atoms with van der Waals surface area (Å²) in [6.07, 6.45) is 2.97. The van der Waals surface area contributed by atoms with Crippen molar-refractivity contribution in [3.05, 3.63) is 36.3 Å². The Morgan fingerprint density at radius 2 is 2.27 bits per heavy atom. The molecule has 0 aromatic carbocycles. The van der Waals surface area contributed by atoms with E-state index < -0.39 is 0 Å². The summed E-state index contributed by atoms with van der Waals surface area (Å²) in [7, 11) is 0. The van der Waals surface area contributed by atoms with Gasteiger partial charge in [0.25, 0.3) is 0 Å². The maximum absolute atomic E-state index is 11.1. The highest BCUT2D eigenvalue weighted by Gasteiger charge is 2.12. The van der Waals surface area contributed by atoms with Gasteiger partial charge in [0.05, 0.1) is 6.20 Å². The number of carbonyl (C=O) groups excluding carboxylic acids is 1. The highest BCUT2D eigenvalue weighted by atomic mass is 16.3. The maximum Gasteiger partial charge on any atom is 0.183 e. The van der Waals surface area contributed by atoms with E-state index in [-0.39, 0.29) is 17.2 Å². The lowest BCUT2D eigenvalue weighted by Crippen LogP contribution is -2.00. The molecule has 0 aliphatic heterocycles. The normalized spacial score (nSPS) is 10.2. The topological polar surface area (TPSA) is 68.0 Å². The summed E-state index contributed by atoms with van der Waals surface area (Å²) >= 11 is 0. The number of hydrogen-bond acceptors (Lipinski definition) is 4. The number of aromatic nitrogens is 3. The molecule has 0 aliphatic rings. The fraction of sp³-hybridized carbons (Fsp3) is 0.100. The first-order valence-corrected chi connectivity index (χ1v) is 4.39. The van der Waals surface area contributed by atoms with Crippen LogP contribution in [0.1, 0.15) is 17.4 Å². The number of Topliss-reactive ketones (excluding diaryl/α,β-unsaturated/α-hetero) is 1. The summed E-state index contributed by atoms with van der Waals surface area (Å²) in [5, 5.41) is 13.4. The summed E-state index contributed by atoms with van der Waals surface area (Å²) in [6, 6.07) is 5.31. The van der Waals surface area contributed by atoms with Gasteiger partial charge in [-0.1, -0.05) is 6.07 Å². The molecule has 0 saturated heterocycles. The van der Waals surface area contributed by atoms with Crippen LogP contribution in [0.4, 0.5) is 0 Å². The predicted molar refractivity (Wildman–Crippen MR) is 53.0 cm³/mol. The Hall–Kier alpha value is -2.17. The van der Waals surface area contributed by atoms with Crippen LogP contribution in [0, 0.1) is 0 Å². The Balaban J connectivity index is 2.48. The van der Waals surface area contributed by atoms with E-state index in [1.807, 2.05) is 0 Å². The zero-order valence-corrected chi connectivity index (χ0v) is 8.08. The van der Waals surface area contributed by atoms with Gasteiger partial charge < -0.3 is 5.11 Å². The minimum Gasteiger partial charge on any atom is -0.504 e. The Bertz CT molecular complexity index is 491. The van der Waals surface area contributed by atoms with Crippen molar-refractivity contribution in [2.45, 2.75) is 6.92 Å². The molecule has 2 heterocycles. The molecule has 5 heteroatoms. The Morgan fingerprint density at radius 1 is 1.47 bits per heavy atom. The second kappa shape index (κ2) is 3.53. The molecule has 0 saturated carbocycles. The van der Waals surface area contributed by atoms with Crippen molar-refractivity contribution in [1.29, 1.82) is 0 Å². The van der Waals surface area contributed by atoms with Crippen LogP contribution in [0.15, 0.2) is 30.6 Å². The van der Waals surface area contributed by atoms with Gasteiger partial charge in [0.15, 0.2) is 23.0 Å². The molecule has 0 aliphatic carbocycles. The van der Waals surface area contributed by atoms with Crippen LogP contribution in [0.25, 0.3) is 5.82 Å². The van der Waals surface area contributed by atoms with Crippen molar-refractivity contribution in [3.63, 3.8) is 0 Å². The van der Waals surface area contributed by atoms with E-state index in [1.54, 1.807) is 24.4 Å². The number of ketones is 1. The third-order valence-electron chi connectivity index (χ3n) is 1.91. The van der Waals surface area contributed by atoms with Gasteiger partial charge >= 0.3 is 0 Å². The van der Waals surface area contributed by atoms with Gasteiger partial charge in [-0.15, -0.1) is 0 Å². The second-order valence-electron chi connectivity index (χ2n) is 3.05. The monoisotopic (exact) mass is 203 g/mol. The first-order chi connectivity index (χ1) is 7.18. The minimum atomic E-state index is -0.276. The lowest BCUT2D eigenvalue weighted by molar-refractivity contribution is 0.101. The van der Waals surface area contributed by atoms with Crippen molar-refractivity contribution in [2.75, 3.05) is 0 Å². The molecule has 5 nitrogen and oxygen atoms in total. The molecule has 2 rings (SSSR count). The van der Waals surface area contributed by atoms with E-state index in [0.29, 0.717) is 5.82 Å². The standard InChI is InChI=1S/C10H9N3O2/c1-7(14)10-8(15)6-13(12-10)9-4-2-3-5-11-9/h2-6,15H,1H3. The molecule has 0 radical (unpaired) electrons. The quantitative estimate of drug-likeness (QED) is 0.744. The third-order valence-corrected chi connectivity index (χ3v) is 1.91. The molecule has 2 aromatic rings. The molecule has 0 spiro atoms. The third kappa shape index (κ3) is 1.71.